The Morgan fingerprint density at radius 1 is 1.29 bits per heavy atom. The lowest BCUT2D eigenvalue weighted by atomic mass is 10.1. The Morgan fingerprint density at radius 2 is 1.92 bits per heavy atom. The number of ether oxygens (including phenoxy) is 1. The molecular formula is C16H22ClN3O4. The van der Waals surface area contributed by atoms with Crippen LogP contribution in [0, 0.1) is 0 Å². The first kappa shape index (κ1) is 19.8. The van der Waals surface area contributed by atoms with Gasteiger partial charge in [0.25, 0.3) is 11.8 Å². The highest BCUT2D eigenvalue weighted by molar-refractivity contribution is 6.30. The third kappa shape index (κ3) is 6.45. The number of nitrogens with one attached hydrogen (secondary N) is 1. The largest absolute Gasteiger partial charge is 0.483 e. The number of nitrogens with two attached hydrogens (primary N) is 1. The first-order valence-corrected chi connectivity index (χ1v) is 7.64. The Kier molecular flexibility index (Phi) is 6.60. The molecule has 0 aliphatic rings. The van der Waals surface area contributed by atoms with E-state index in [1.807, 2.05) is 20.8 Å². The molecule has 24 heavy (non-hydrogen) atoms. The zero-order chi connectivity index (χ0) is 18.5. The Hall–Kier alpha value is -2.28. The van der Waals surface area contributed by atoms with E-state index >= 15 is 0 Å². The van der Waals surface area contributed by atoms with Crippen molar-refractivity contribution in [2.75, 3.05) is 20.2 Å². The number of benzene rings is 1. The Morgan fingerprint density at radius 3 is 2.46 bits per heavy atom. The van der Waals surface area contributed by atoms with Crippen LogP contribution in [-0.4, -0.2) is 48.4 Å². The van der Waals surface area contributed by atoms with Crippen LogP contribution < -0.4 is 15.8 Å². The van der Waals surface area contributed by atoms with Gasteiger partial charge in [0, 0.05) is 17.6 Å². The van der Waals surface area contributed by atoms with Gasteiger partial charge in [-0.25, -0.2) is 0 Å². The molecule has 1 aromatic rings. The molecule has 1 aromatic carbocycles. The number of nitrogens with zero attached hydrogens (tertiary/aromatic N) is 1. The zero-order valence-electron chi connectivity index (χ0n) is 14.2. The number of hydrogen-bond donors (Lipinski definition) is 2. The number of amides is 3. The zero-order valence-corrected chi connectivity index (χ0v) is 14.9. The van der Waals surface area contributed by atoms with E-state index < -0.39 is 11.8 Å². The molecule has 0 bridgehead atoms. The van der Waals surface area contributed by atoms with Crippen molar-refractivity contribution in [2.24, 2.45) is 5.73 Å². The van der Waals surface area contributed by atoms with Crippen molar-refractivity contribution in [1.29, 1.82) is 0 Å². The highest BCUT2D eigenvalue weighted by atomic mass is 35.5. The van der Waals surface area contributed by atoms with E-state index in [0.29, 0.717) is 5.02 Å². The van der Waals surface area contributed by atoms with Crippen LogP contribution >= 0.6 is 11.6 Å². The highest BCUT2D eigenvalue weighted by Gasteiger charge is 2.19. The van der Waals surface area contributed by atoms with Crippen LogP contribution in [0.4, 0.5) is 0 Å². The summed E-state index contributed by atoms with van der Waals surface area (Å²) in [6.07, 6.45) is 0. The fourth-order valence-corrected chi connectivity index (χ4v) is 1.99. The fourth-order valence-electron chi connectivity index (χ4n) is 1.83. The summed E-state index contributed by atoms with van der Waals surface area (Å²) >= 11 is 5.85. The van der Waals surface area contributed by atoms with Gasteiger partial charge in [-0.1, -0.05) is 11.6 Å². The summed E-state index contributed by atoms with van der Waals surface area (Å²) in [5.41, 5.74) is 4.99. The number of carbonyl (C=O) groups is 3. The Balaban J connectivity index is 2.64. The lowest BCUT2D eigenvalue weighted by Gasteiger charge is -2.23. The predicted octanol–water partition coefficient (Wildman–Crippen LogP) is 1.19. The third-order valence-electron chi connectivity index (χ3n) is 2.88. The molecule has 8 heteroatoms. The van der Waals surface area contributed by atoms with Crippen LogP contribution in [0.2, 0.25) is 5.02 Å². The molecule has 7 nitrogen and oxygen atoms in total. The standard InChI is InChI=1S/C16H22ClN3O4/c1-16(2,3)19-13(21)8-20(4)14(22)9-24-12-7-10(17)5-6-11(12)15(18)23/h5-7H,8-9H2,1-4H3,(H2,18,23)(H,19,21). The number of likely N-dealkylation sites (N-methyl/N-ethyl adjacent to an activating group) is 1. The molecule has 0 atom stereocenters. The van der Waals surface area contributed by atoms with Gasteiger partial charge in [0.2, 0.25) is 5.91 Å². The van der Waals surface area contributed by atoms with Crippen LogP contribution in [0.15, 0.2) is 18.2 Å². The van der Waals surface area contributed by atoms with E-state index in [1.54, 1.807) is 0 Å². The minimum Gasteiger partial charge on any atom is -0.483 e. The van der Waals surface area contributed by atoms with Gasteiger partial charge in [0.1, 0.15) is 5.75 Å². The average Bonchev–Trinajstić information content (AvgIpc) is 2.42. The lowest BCUT2D eigenvalue weighted by molar-refractivity contribution is -0.136. The van der Waals surface area contributed by atoms with E-state index in [-0.39, 0.29) is 35.9 Å². The first-order valence-electron chi connectivity index (χ1n) is 7.27. The van der Waals surface area contributed by atoms with Crippen molar-refractivity contribution in [3.05, 3.63) is 28.8 Å². The first-order chi connectivity index (χ1) is 11.0. The van der Waals surface area contributed by atoms with E-state index in [1.165, 1.54) is 30.1 Å². The number of hydrogen-bond acceptors (Lipinski definition) is 4. The number of primary amides is 1. The van der Waals surface area contributed by atoms with E-state index in [2.05, 4.69) is 5.32 Å². The van der Waals surface area contributed by atoms with Crippen molar-refractivity contribution in [3.63, 3.8) is 0 Å². The normalized spacial score (nSPS) is 10.9. The second-order valence-corrected chi connectivity index (χ2v) is 6.78. The molecule has 0 saturated carbocycles. The maximum Gasteiger partial charge on any atom is 0.260 e. The molecule has 0 spiro atoms. The lowest BCUT2D eigenvalue weighted by Crippen LogP contribution is -2.47. The van der Waals surface area contributed by atoms with Crippen LogP contribution in [-0.2, 0) is 9.59 Å². The predicted molar refractivity (Wildman–Crippen MR) is 91.0 cm³/mol. The summed E-state index contributed by atoms with van der Waals surface area (Å²) in [5, 5.41) is 3.11. The van der Waals surface area contributed by atoms with Crippen molar-refractivity contribution < 1.29 is 19.1 Å². The molecule has 0 aliphatic heterocycles. The topological polar surface area (TPSA) is 102 Å². The summed E-state index contributed by atoms with van der Waals surface area (Å²) in [5.74, 6) is -1.27. The third-order valence-corrected chi connectivity index (χ3v) is 3.12. The summed E-state index contributed by atoms with van der Waals surface area (Å²) in [4.78, 5) is 36.4. The minimum atomic E-state index is -0.688. The van der Waals surface area contributed by atoms with Crippen LogP contribution in [0.5, 0.6) is 5.75 Å². The van der Waals surface area contributed by atoms with Crippen molar-refractivity contribution >= 4 is 29.3 Å². The highest BCUT2D eigenvalue weighted by Crippen LogP contribution is 2.23. The van der Waals surface area contributed by atoms with Gasteiger partial charge in [0.15, 0.2) is 6.61 Å². The number of halogens is 1. The van der Waals surface area contributed by atoms with Gasteiger partial charge in [0.05, 0.1) is 12.1 Å². The quantitative estimate of drug-likeness (QED) is 0.800. The van der Waals surface area contributed by atoms with Crippen LogP contribution in [0.25, 0.3) is 0 Å². The summed E-state index contributed by atoms with van der Waals surface area (Å²) in [6, 6.07) is 4.32. The Labute approximate surface area is 146 Å². The monoisotopic (exact) mass is 355 g/mol. The van der Waals surface area contributed by atoms with Gasteiger partial charge >= 0.3 is 0 Å². The molecule has 132 valence electrons. The maximum absolute atomic E-state index is 12.1. The summed E-state index contributed by atoms with van der Waals surface area (Å²) in [6.45, 7) is 5.10. The molecule has 0 aromatic heterocycles. The molecule has 1 rings (SSSR count). The van der Waals surface area contributed by atoms with E-state index in [4.69, 9.17) is 22.1 Å². The van der Waals surface area contributed by atoms with Gasteiger partial charge in [-0.15, -0.1) is 0 Å². The van der Waals surface area contributed by atoms with Crippen LogP contribution in [0.3, 0.4) is 0 Å². The molecule has 3 N–H and O–H groups in total. The second kappa shape index (κ2) is 8.01. The number of carbonyl (C=O) groups excluding carboxylic acids is 3. The molecule has 0 fully saturated rings. The minimum absolute atomic E-state index is 0.0995. The molecular weight excluding hydrogens is 334 g/mol. The molecule has 0 heterocycles. The molecule has 0 saturated heterocycles. The summed E-state index contributed by atoms with van der Waals surface area (Å²) in [7, 11) is 1.49. The maximum atomic E-state index is 12.1. The summed E-state index contributed by atoms with van der Waals surface area (Å²) < 4.78 is 5.34. The number of rotatable bonds is 6. The molecule has 0 radical (unpaired) electrons. The van der Waals surface area contributed by atoms with Gasteiger partial charge in [-0.3, -0.25) is 14.4 Å². The van der Waals surface area contributed by atoms with E-state index in [0.717, 1.165) is 0 Å². The Bertz CT molecular complexity index is 641. The van der Waals surface area contributed by atoms with Gasteiger partial charge < -0.3 is 20.7 Å². The molecule has 0 aliphatic carbocycles. The average molecular weight is 356 g/mol. The fraction of sp³-hybridized carbons (Fsp3) is 0.438. The van der Waals surface area contributed by atoms with Crippen molar-refractivity contribution in [3.8, 4) is 5.75 Å². The van der Waals surface area contributed by atoms with Gasteiger partial charge in [-0.2, -0.15) is 0 Å². The van der Waals surface area contributed by atoms with E-state index in [9.17, 15) is 14.4 Å². The van der Waals surface area contributed by atoms with Gasteiger partial charge in [-0.05, 0) is 39.0 Å². The van der Waals surface area contributed by atoms with Crippen molar-refractivity contribution in [1.82, 2.24) is 10.2 Å². The van der Waals surface area contributed by atoms with Crippen molar-refractivity contribution in [2.45, 2.75) is 26.3 Å². The molecule has 0 unspecified atom stereocenters. The smallest absolute Gasteiger partial charge is 0.260 e. The molecule has 3 amide bonds. The van der Waals surface area contributed by atoms with Crippen LogP contribution in [0.1, 0.15) is 31.1 Å². The second-order valence-electron chi connectivity index (χ2n) is 6.34. The SMILES string of the molecule is CN(CC(=O)NC(C)(C)C)C(=O)COc1cc(Cl)ccc1C(N)=O.